The Hall–Kier alpha value is -2.44. The van der Waals surface area contributed by atoms with Gasteiger partial charge in [0, 0.05) is 24.8 Å². The van der Waals surface area contributed by atoms with Crippen molar-refractivity contribution >= 4 is 17.6 Å². The van der Waals surface area contributed by atoms with Crippen molar-refractivity contribution in [3.63, 3.8) is 0 Å². The molecule has 0 saturated heterocycles. The molecule has 7 nitrogen and oxygen atoms in total. The van der Waals surface area contributed by atoms with E-state index in [1.54, 1.807) is 20.3 Å². The van der Waals surface area contributed by atoms with Crippen molar-refractivity contribution in [2.45, 2.75) is 20.3 Å². The minimum absolute atomic E-state index is 0.0720. The molecule has 0 heterocycles. The zero-order valence-electron chi connectivity index (χ0n) is 14.2. The summed E-state index contributed by atoms with van der Waals surface area (Å²) in [6.45, 7) is 5.39. The largest absolute Gasteiger partial charge is 0.493 e. The van der Waals surface area contributed by atoms with Gasteiger partial charge in [-0.1, -0.05) is 6.92 Å². The first-order chi connectivity index (χ1) is 11.1. The van der Waals surface area contributed by atoms with Crippen LogP contribution in [0.25, 0.3) is 0 Å². The number of benzene rings is 1. The molecule has 0 saturated carbocycles. The van der Waals surface area contributed by atoms with Gasteiger partial charge in [-0.25, -0.2) is 4.99 Å². The molecular formula is C16H26N4O3. The molecular weight excluding hydrogens is 296 g/mol. The fourth-order valence-corrected chi connectivity index (χ4v) is 1.83. The minimum atomic E-state index is -0.101. The van der Waals surface area contributed by atoms with E-state index in [0.717, 1.165) is 12.1 Å². The van der Waals surface area contributed by atoms with Crippen LogP contribution in [0.15, 0.2) is 23.2 Å². The lowest BCUT2D eigenvalue weighted by Crippen LogP contribution is -2.33. The molecule has 0 aliphatic carbocycles. The van der Waals surface area contributed by atoms with Gasteiger partial charge in [0.15, 0.2) is 17.5 Å². The Balaban J connectivity index is 2.76. The molecule has 0 radical (unpaired) electrons. The number of nitrogens with one attached hydrogen (secondary N) is 3. The van der Waals surface area contributed by atoms with E-state index in [1.165, 1.54) is 0 Å². The standard InChI is InChI=1S/C16H26N4O3/c1-5-9-18-15(21)11-19-16(17-6-2)20-12-7-8-13(22-3)14(10-12)23-4/h7-8,10H,5-6,9,11H2,1-4H3,(H,18,21)(H2,17,19,20). The van der Waals surface area contributed by atoms with Crippen LogP contribution in [0.5, 0.6) is 11.5 Å². The number of methoxy groups -OCH3 is 2. The van der Waals surface area contributed by atoms with Crippen molar-refractivity contribution in [2.75, 3.05) is 39.2 Å². The monoisotopic (exact) mass is 322 g/mol. The number of rotatable bonds is 8. The summed E-state index contributed by atoms with van der Waals surface area (Å²) in [4.78, 5) is 15.9. The zero-order valence-corrected chi connectivity index (χ0v) is 14.2. The Labute approximate surface area is 137 Å². The first-order valence-electron chi connectivity index (χ1n) is 7.68. The highest BCUT2D eigenvalue weighted by atomic mass is 16.5. The highest BCUT2D eigenvalue weighted by molar-refractivity contribution is 5.95. The summed E-state index contributed by atoms with van der Waals surface area (Å²) >= 11 is 0. The third-order valence-electron chi connectivity index (χ3n) is 2.94. The number of nitrogens with zero attached hydrogens (tertiary/aromatic N) is 1. The summed E-state index contributed by atoms with van der Waals surface area (Å²) < 4.78 is 10.5. The van der Waals surface area contributed by atoms with Gasteiger partial charge in [-0.15, -0.1) is 0 Å². The molecule has 7 heteroatoms. The molecule has 0 aliphatic heterocycles. The van der Waals surface area contributed by atoms with Crippen LogP contribution in [0.1, 0.15) is 20.3 Å². The molecule has 23 heavy (non-hydrogen) atoms. The summed E-state index contributed by atoms with van der Waals surface area (Å²) in [7, 11) is 3.17. The zero-order chi connectivity index (χ0) is 17.1. The normalized spacial score (nSPS) is 10.9. The third-order valence-corrected chi connectivity index (χ3v) is 2.94. The summed E-state index contributed by atoms with van der Waals surface area (Å²) in [6, 6.07) is 5.47. The molecule has 0 spiro atoms. The number of hydrogen-bond acceptors (Lipinski definition) is 4. The van der Waals surface area contributed by atoms with E-state index in [9.17, 15) is 4.79 Å². The Morgan fingerprint density at radius 1 is 1.13 bits per heavy atom. The van der Waals surface area contributed by atoms with E-state index >= 15 is 0 Å². The predicted molar refractivity (Wildman–Crippen MR) is 92.4 cm³/mol. The topological polar surface area (TPSA) is 84.0 Å². The van der Waals surface area contributed by atoms with Crippen molar-refractivity contribution in [2.24, 2.45) is 4.99 Å². The van der Waals surface area contributed by atoms with Crippen molar-refractivity contribution in [1.82, 2.24) is 10.6 Å². The summed E-state index contributed by atoms with van der Waals surface area (Å²) in [5, 5.41) is 9.03. The van der Waals surface area contributed by atoms with Gasteiger partial charge in [0.1, 0.15) is 6.54 Å². The van der Waals surface area contributed by atoms with E-state index in [1.807, 2.05) is 26.0 Å². The maximum atomic E-state index is 11.6. The van der Waals surface area contributed by atoms with Gasteiger partial charge in [0.05, 0.1) is 14.2 Å². The summed E-state index contributed by atoms with van der Waals surface area (Å²) in [6.07, 6.45) is 0.902. The van der Waals surface area contributed by atoms with Crippen LogP contribution in [-0.2, 0) is 4.79 Å². The van der Waals surface area contributed by atoms with Gasteiger partial charge in [-0.05, 0) is 25.5 Å². The Bertz CT molecular complexity index is 532. The van der Waals surface area contributed by atoms with Crippen LogP contribution in [-0.4, -0.2) is 45.7 Å². The van der Waals surface area contributed by atoms with Crippen LogP contribution in [0.3, 0.4) is 0 Å². The first kappa shape index (κ1) is 18.6. The highest BCUT2D eigenvalue weighted by Gasteiger charge is 2.07. The van der Waals surface area contributed by atoms with Gasteiger partial charge in [0.2, 0.25) is 5.91 Å². The number of ether oxygens (including phenoxy) is 2. The van der Waals surface area contributed by atoms with Crippen molar-refractivity contribution in [3.8, 4) is 11.5 Å². The van der Waals surface area contributed by atoms with Crippen LogP contribution < -0.4 is 25.4 Å². The molecule has 1 amide bonds. The maximum Gasteiger partial charge on any atom is 0.241 e. The van der Waals surface area contributed by atoms with E-state index in [0.29, 0.717) is 30.5 Å². The van der Waals surface area contributed by atoms with Gasteiger partial charge in [-0.3, -0.25) is 4.79 Å². The Morgan fingerprint density at radius 3 is 2.48 bits per heavy atom. The first-order valence-corrected chi connectivity index (χ1v) is 7.68. The quantitative estimate of drug-likeness (QED) is 0.500. The summed E-state index contributed by atoms with van der Waals surface area (Å²) in [5.74, 6) is 1.70. The number of aliphatic imine (C=N–C) groups is 1. The number of carbonyl (C=O) groups is 1. The molecule has 0 unspecified atom stereocenters. The van der Waals surface area contributed by atoms with E-state index < -0.39 is 0 Å². The smallest absolute Gasteiger partial charge is 0.241 e. The minimum Gasteiger partial charge on any atom is -0.493 e. The van der Waals surface area contributed by atoms with E-state index in [-0.39, 0.29) is 12.5 Å². The van der Waals surface area contributed by atoms with Crippen LogP contribution in [0, 0.1) is 0 Å². The maximum absolute atomic E-state index is 11.6. The van der Waals surface area contributed by atoms with Gasteiger partial charge >= 0.3 is 0 Å². The van der Waals surface area contributed by atoms with Gasteiger partial charge in [-0.2, -0.15) is 0 Å². The molecule has 1 aromatic carbocycles. The molecule has 0 atom stereocenters. The number of guanidine groups is 1. The van der Waals surface area contributed by atoms with Crippen molar-refractivity contribution < 1.29 is 14.3 Å². The molecule has 0 fully saturated rings. The molecule has 0 bridgehead atoms. The van der Waals surface area contributed by atoms with Crippen LogP contribution >= 0.6 is 0 Å². The molecule has 0 aliphatic rings. The van der Waals surface area contributed by atoms with E-state index in [2.05, 4.69) is 20.9 Å². The van der Waals surface area contributed by atoms with Crippen molar-refractivity contribution in [3.05, 3.63) is 18.2 Å². The fraction of sp³-hybridized carbons (Fsp3) is 0.500. The number of hydrogen-bond donors (Lipinski definition) is 3. The second-order valence-corrected chi connectivity index (χ2v) is 4.74. The average molecular weight is 322 g/mol. The molecule has 1 aromatic rings. The molecule has 3 N–H and O–H groups in total. The van der Waals surface area contributed by atoms with E-state index in [4.69, 9.17) is 9.47 Å². The highest BCUT2D eigenvalue weighted by Crippen LogP contribution is 2.29. The number of amides is 1. The predicted octanol–water partition coefficient (Wildman–Crippen LogP) is 1.61. The number of anilines is 1. The fourth-order valence-electron chi connectivity index (χ4n) is 1.83. The second-order valence-electron chi connectivity index (χ2n) is 4.74. The lowest BCUT2D eigenvalue weighted by atomic mass is 10.3. The molecule has 128 valence electrons. The third kappa shape index (κ3) is 6.46. The molecule has 0 aromatic heterocycles. The van der Waals surface area contributed by atoms with Gasteiger partial charge in [0.25, 0.3) is 0 Å². The lowest BCUT2D eigenvalue weighted by Gasteiger charge is -2.13. The van der Waals surface area contributed by atoms with Crippen LogP contribution in [0.2, 0.25) is 0 Å². The average Bonchev–Trinajstić information content (AvgIpc) is 2.57. The van der Waals surface area contributed by atoms with Crippen molar-refractivity contribution in [1.29, 1.82) is 0 Å². The Morgan fingerprint density at radius 2 is 1.87 bits per heavy atom. The Kier molecular flexibility index (Phi) is 8.34. The SMILES string of the molecule is CCCNC(=O)CN=C(NCC)Nc1ccc(OC)c(OC)c1. The lowest BCUT2D eigenvalue weighted by molar-refractivity contribution is -0.119. The summed E-state index contributed by atoms with van der Waals surface area (Å²) in [5.41, 5.74) is 0.788. The van der Waals surface area contributed by atoms with Crippen LogP contribution in [0.4, 0.5) is 5.69 Å². The molecule has 1 rings (SSSR count). The second kappa shape index (κ2) is 10.3. The van der Waals surface area contributed by atoms with Gasteiger partial charge < -0.3 is 25.4 Å². The number of carbonyl (C=O) groups excluding carboxylic acids is 1.